The van der Waals surface area contributed by atoms with Gasteiger partial charge in [0.25, 0.3) is 0 Å². The number of nitrogens with one attached hydrogen (secondary N) is 1. The van der Waals surface area contributed by atoms with Gasteiger partial charge in [-0.3, -0.25) is 4.79 Å². The fraction of sp³-hybridized carbons (Fsp3) is 0.727. The van der Waals surface area contributed by atoms with Crippen molar-refractivity contribution < 1.29 is 19.5 Å². The smallest absolute Gasteiger partial charge is 0.329 e. The summed E-state index contributed by atoms with van der Waals surface area (Å²) in [5.41, 5.74) is -1.33. The zero-order valence-electron chi connectivity index (χ0n) is 11.5. The number of likely N-dealkylation sites (N-methyl/N-ethyl adjacent to an activating group) is 2. The molecule has 0 saturated carbocycles. The van der Waals surface area contributed by atoms with Crippen LogP contribution in [0.15, 0.2) is 0 Å². The van der Waals surface area contributed by atoms with Crippen molar-refractivity contribution >= 4 is 17.9 Å². The number of nitrogens with zero attached hydrogens (tertiary/aromatic N) is 2. The zero-order chi connectivity index (χ0) is 14.5. The zero-order valence-corrected chi connectivity index (χ0v) is 11.5. The third kappa shape index (κ3) is 4.23. The van der Waals surface area contributed by atoms with E-state index in [4.69, 9.17) is 5.11 Å². The van der Waals surface area contributed by atoms with E-state index < -0.39 is 17.5 Å². The van der Waals surface area contributed by atoms with Crippen LogP contribution in [0.5, 0.6) is 0 Å². The number of carbonyl (C=O) groups excluding carboxylic acids is 2. The van der Waals surface area contributed by atoms with E-state index in [1.54, 1.807) is 21.0 Å². The van der Waals surface area contributed by atoms with E-state index in [1.165, 1.54) is 18.9 Å². The topological polar surface area (TPSA) is 90.0 Å². The van der Waals surface area contributed by atoms with Crippen LogP contribution in [0.1, 0.15) is 20.3 Å². The minimum absolute atomic E-state index is 0.0990. The predicted molar refractivity (Wildman–Crippen MR) is 66.2 cm³/mol. The molecule has 104 valence electrons. The molecule has 0 bridgehead atoms. The summed E-state index contributed by atoms with van der Waals surface area (Å²) in [5.74, 6) is -1.34. The van der Waals surface area contributed by atoms with Crippen molar-refractivity contribution in [2.75, 3.05) is 27.7 Å². The van der Waals surface area contributed by atoms with Gasteiger partial charge in [0.15, 0.2) is 0 Å². The highest BCUT2D eigenvalue weighted by molar-refractivity contribution is 5.88. The van der Waals surface area contributed by atoms with Crippen LogP contribution < -0.4 is 5.32 Å². The third-order valence-electron chi connectivity index (χ3n) is 2.78. The number of urea groups is 1. The number of carboxylic acid groups (broad SMARTS) is 1. The van der Waals surface area contributed by atoms with Crippen LogP contribution >= 0.6 is 0 Å². The molecule has 3 amide bonds. The molecular weight excluding hydrogens is 238 g/mol. The van der Waals surface area contributed by atoms with E-state index >= 15 is 0 Å². The average Bonchev–Trinajstić information content (AvgIpc) is 2.27. The second-order valence-corrected chi connectivity index (χ2v) is 4.57. The Hall–Kier alpha value is -1.79. The van der Waals surface area contributed by atoms with E-state index in [-0.39, 0.29) is 18.9 Å². The van der Waals surface area contributed by atoms with Crippen molar-refractivity contribution in [3.63, 3.8) is 0 Å². The summed E-state index contributed by atoms with van der Waals surface area (Å²) < 4.78 is 0. The standard InChI is InChI=1S/C11H21N3O4/c1-6-11(2,9(16)17)12-10(18)14(5)7-8(15)13(3)4/h6-7H2,1-5H3,(H,12,18)(H,16,17). The fourth-order valence-corrected chi connectivity index (χ4v) is 1.04. The molecule has 0 fully saturated rings. The maximum absolute atomic E-state index is 11.8. The lowest BCUT2D eigenvalue weighted by Crippen LogP contribution is -2.56. The summed E-state index contributed by atoms with van der Waals surface area (Å²) in [6, 6.07) is -0.586. The van der Waals surface area contributed by atoms with E-state index in [0.717, 1.165) is 4.90 Å². The molecular formula is C11H21N3O4. The summed E-state index contributed by atoms with van der Waals surface area (Å²) in [5, 5.41) is 11.4. The van der Waals surface area contributed by atoms with Gasteiger partial charge < -0.3 is 20.2 Å². The highest BCUT2D eigenvalue weighted by atomic mass is 16.4. The SMILES string of the molecule is CCC(C)(NC(=O)N(C)CC(=O)N(C)C)C(=O)O. The molecule has 0 aliphatic heterocycles. The van der Waals surface area contributed by atoms with Crippen molar-refractivity contribution in [3.05, 3.63) is 0 Å². The third-order valence-corrected chi connectivity index (χ3v) is 2.78. The average molecular weight is 259 g/mol. The van der Waals surface area contributed by atoms with Crippen LogP contribution in [0.25, 0.3) is 0 Å². The number of hydrogen-bond donors (Lipinski definition) is 2. The highest BCUT2D eigenvalue weighted by Gasteiger charge is 2.33. The lowest BCUT2D eigenvalue weighted by atomic mass is 10.00. The van der Waals surface area contributed by atoms with Gasteiger partial charge in [-0.15, -0.1) is 0 Å². The molecule has 0 aliphatic carbocycles. The van der Waals surface area contributed by atoms with Crippen LogP contribution in [-0.2, 0) is 9.59 Å². The molecule has 2 N–H and O–H groups in total. The molecule has 1 unspecified atom stereocenters. The molecule has 7 nitrogen and oxygen atoms in total. The van der Waals surface area contributed by atoms with E-state index in [2.05, 4.69) is 5.32 Å². The first-order valence-corrected chi connectivity index (χ1v) is 5.61. The monoisotopic (exact) mass is 259 g/mol. The number of carbonyl (C=O) groups is 3. The molecule has 0 aromatic heterocycles. The van der Waals surface area contributed by atoms with Crippen molar-refractivity contribution in [3.8, 4) is 0 Å². The Morgan fingerprint density at radius 2 is 1.72 bits per heavy atom. The second-order valence-electron chi connectivity index (χ2n) is 4.57. The highest BCUT2D eigenvalue weighted by Crippen LogP contribution is 2.09. The Balaban J connectivity index is 4.58. The Labute approximate surface area is 107 Å². The van der Waals surface area contributed by atoms with Crippen molar-refractivity contribution in [2.24, 2.45) is 0 Å². The lowest BCUT2D eigenvalue weighted by molar-refractivity contribution is -0.143. The molecule has 0 radical (unpaired) electrons. The predicted octanol–water partition coefficient (Wildman–Crippen LogP) is -0.0307. The maximum atomic E-state index is 11.8. The van der Waals surface area contributed by atoms with Gasteiger partial charge in [-0.2, -0.15) is 0 Å². The van der Waals surface area contributed by atoms with Crippen LogP contribution in [-0.4, -0.2) is 66.0 Å². The summed E-state index contributed by atoms with van der Waals surface area (Å²) in [7, 11) is 4.61. The Kier molecular flexibility index (Phi) is 5.61. The van der Waals surface area contributed by atoms with Gasteiger partial charge in [-0.1, -0.05) is 6.92 Å². The lowest BCUT2D eigenvalue weighted by Gasteiger charge is -2.28. The van der Waals surface area contributed by atoms with Crippen molar-refractivity contribution in [2.45, 2.75) is 25.8 Å². The van der Waals surface area contributed by atoms with Gasteiger partial charge >= 0.3 is 12.0 Å². The Morgan fingerprint density at radius 3 is 2.06 bits per heavy atom. The second kappa shape index (κ2) is 6.23. The van der Waals surface area contributed by atoms with Gasteiger partial charge in [0.2, 0.25) is 5.91 Å². The van der Waals surface area contributed by atoms with Crippen LogP contribution in [0.2, 0.25) is 0 Å². The molecule has 0 aliphatic rings. The first-order chi connectivity index (χ1) is 8.14. The van der Waals surface area contributed by atoms with Crippen LogP contribution in [0.3, 0.4) is 0 Å². The molecule has 18 heavy (non-hydrogen) atoms. The molecule has 0 spiro atoms. The first kappa shape index (κ1) is 16.2. The normalized spacial score (nSPS) is 13.4. The quantitative estimate of drug-likeness (QED) is 0.725. The number of carboxylic acids is 1. The van der Waals surface area contributed by atoms with Gasteiger partial charge in [0, 0.05) is 21.1 Å². The first-order valence-electron chi connectivity index (χ1n) is 5.61. The minimum atomic E-state index is -1.33. The van der Waals surface area contributed by atoms with Gasteiger partial charge in [0.05, 0.1) is 0 Å². The summed E-state index contributed by atoms with van der Waals surface area (Å²) in [4.78, 5) is 36.7. The molecule has 1 atom stereocenters. The summed E-state index contributed by atoms with van der Waals surface area (Å²) in [6.07, 6.45) is 0.254. The minimum Gasteiger partial charge on any atom is -0.480 e. The van der Waals surface area contributed by atoms with Gasteiger partial charge in [0.1, 0.15) is 12.1 Å². The van der Waals surface area contributed by atoms with Gasteiger partial charge in [-0.25, -0.2) is 9.59 Å². The summed E-state index contributed by atoms with van der Waals surface area (Å²) >= 11 is 0. The number of amides is 3. The molecule has 0 saturated heterocycles. The van der Waals surface area contributed by atoms with Crippen LogP contribution in [0, 0.1) is 0 Å². The number of hydrogen-bond acceptors (Lipinski definition) is 3. The fourth-order valence-electron chi connectivity index (χ4n) is 1.04. The van der Waals surface area contributed by atoms with E-state index in [9.17, 15) is 14.4 Å². The molecule has 0 aromatic carbocycles. The van der Waals surface area contributed by atoms with Crippen molar-refractivity contribution in [1.29, 1.82) is 0 Å². The van der Waals surface area contributed by atoms with Crippen LogP contribution in [0.4, 0.5) is 4.79 Å². The molecule has 0 aromatic rings. The molecule has 7 heteroatoms. The Morgan fingerprint density at radius 1 is 1.22 bits per heavy atom. The van der Waals surface area contributed by atoms with Gasteiger partial charge in [-0.05, 0) is 13.3 Å². The molecule has 0 rings (SSSR count). The molecule has 0 heterocycles. The summed E-state index contributed by atoms with van der Waals surface area (Å²) in [6.45, 7) is 2.99. The number of rotatable bonds is 5. The van der Waals surface area contributed by atoms with E-state index in [1.807, 2.05) is 0 Å². The van der Waals surface area contributed by atoms with Crippen molar-refractivity contribution in [1.82, 2.24) is 15.1 Å². The largest absolute Gasteiger partial charge is 0.480 e. The van der Waals surface area contributed by atoms with E-state index in [0.29, 0.717) is 0 Å². The number of aliphatic carboxylic acids is 1. The maximum Gasteiger partial charge on any atom is 0.329 e. The Bertz CT molecular complexity index is 343.